The molecule has 1 aliphatic rings. The summed E-state index contributed by atoms with van der Waals surface area (Å²) in [6, 6.07) is 0. The first-order valence-corrected chi connectivity index (χ1v) is 7.62. The van der Waals surface area contributed by atoms with Gasteiger partial charge in [-0.1, -0.05) is 12.8 Å². The summed E-state index contributed by atoms with van der Waals surface area (Å²) in [6.07, 6.45) is 8.52. The highest BCUT2D eigenvalue weighted by molar-refractivity contribution is 5.80. The molecule has 0 bridgehead atoms. The van der Waals surface area contributed by atoms with E-state index in [1.54, 1.807) is 0 Å². The van der Waals surface area contributed by atoms with Crippen LogP contribution in [0.15, 0.2) is 0 Å². The van der Waals surface area contributed by atoms with Gasteiger partial charge in [0.25, 0.3) is 0 Å². The maximum Gasteiger partial charge on any atom is 0.325 e. The van der Waals surface area contributed by atoms with E-state index >= 15 is 0 Å². The average Bonchev–Trinajstić information content (AvgIpc) is 2.71. The highest BCUT2D eigenvalue weighted by atomic mass is 16.5. The van der Waals surface area contributed by atoms with Crippen LogP contribution in [0.5, 0.6) is 0 Å². The Hall–Kier alpha value is -0.610. The van der Waals surface area contributed by atoms with Crippen LogP contribution in [0.2, 0.25) is 0 Å². The molecule has 1 aliphatic heterocycles. The molecular formula is C15H30N2O2. The summed E-state index contributed by atoms with van der Waals surface area (Å²) >= 11 is 0. The Bertz CT molecular complexity index is 263. The number of ether oxygens (including phenoxy) is 1. The highest BCUT2D eigenvalue weighted by Crippen LogP contribution is 2.16. The lowest BCUT2D eigenvalue weighted by Gasteiger charge is -2.26. The number of likely N-dealkylation sites (tertiary alicyclic amines) is 1. The molecule has 4 heteroatoms. The molecule has 0 aromatic rings. The van der Waals surface area contributed by atoms with Crippen LogP contribution in [0.1, 0.15) is 51.9 Å². The van der Waals surface area contributed by atoms with Crippen LogP contribution in [0.25, 0.3) is 0 Å². The number of likely N-dealkylation sites (N-methyl/N-ethyl adjacent to an activating group) is 1. The number of nitrogens with one attached hydrogen (secondary N) is 1. The molecule has 0 aromatic heterocycles. The second-order valence-electron chi connectivity index (χ2n) is 5.79. The van der Waals surface area contributed by atoms with Crippen LogP contribution in [-0.4, -0.2) is 50.2 Å². The Morgan fingerprint density at radius 2 is 1.84 bits per heavy atom. The van der Waals surface area contributed by atoms with E-state index in [4.69, 9.17) is 4.74 Å². The van der Waals surface area contributed by atoms with Gasteiger partial charge in [-0.3, -0.25) is 4.79 Å². The molecule has 0 radical (unpaired) electrons. The van der Waals surface area contributed by atoms with Gasteiger partial charge in [-0.2, -0.15) is 0 Å². The minimum absolute atomic E-state index is 0.162. The third kappa shape index (κ3) is 5.49. The Morgan fingerprint density at radius 3 is 2.37 bits per heavy atom. The van der Waals surface area contributed by atoms with E-state index in [0.717, 1.165) is 19.3 Å². The quantitative estimate of drug-likeness (QED) is 0.569. The first kappa shape index (κ1) is 16.4. The summed E-state index contributed by atoms with van der Waals surface area (Å²) < 4.78 is 4.86. The standard InChI is InChI=1S/C15H30N2O2/c1-15(16-2,14(18)19-3)10-6-9-13-17-11-7-4-5-8-12-17/h16H,4-13H2,1-3H3. The van der Waals surface area contributed by atoms with E-state index in [2.05, 4.69) is 10.2 Å². The van der Waals surface area contributed by atoms with Crippen LogP contribution in [0.3, 0.4) is 0 Å². The van der Waals surface area contributed by atoms with Gasteiger partial charge in [0.1, 0.15) is 5.54 Å². The lowest BCUT2D eigenvalue weighted by atomic mass is 9.95. The third-order valence-electron chi connectivity index (χ3n) is 4.29. The van der Waals surface area contributed by atoms with Gasteiger partial charge in [0.15, 0.2) is 0 Å². The molecular weight excluding hydrogens is 240 g/mol. The monoisotopic (exact) mass is 270 g/mol. The fourth-order valence-corrected chi connectivity index (χ4v) is 2.73. The number of carbonyl (C=O) groups excluding carboxylic acids is 1. The Kier molecular flexibility index (Phi) is 7.39. The van der Waals surface area contributed by atoms with Gasteiger partial charge >= 0.3 is 5.97 Å². The van der Waals surface area contributed by atoms with Crippen molar-refractivity contribution in [3.05, 3.63) is 0 Å². The number of methoxy groups -OCH3 is 1. The van der Waals surface area contributed by atoms with Crippen LogP contribution in [0.4, 0.5) is 0 Å². The van der Waals surface area contributed by atoms with Crippen molar-refractivity contribution in [3.63, 3.8) is 0 Å². The van der Waals surface area contributed by atoms with Gasteiger partial charge in [-0.05, 0) is 65.7 Å². The summed E-state index contributed by atoms with van der Waals surface area (Å²) in [6.45, 7) is 5.59. The van der Waals surface area contributed by atoms with E-state index in [-0.39, 0.29) is 5.97 Å². The molecule has 1 unspecified atom stereocenters. The third-order valence-corrected chi connectivity index (χ3v) is 4.29. The molecule has 19 heavy (non-hydrogen) atoms. The minimum atomic E-state index is -0.534. The first-order chi connectivity index (χ1) is 9.12. The summed E-state index contributed by atoms with van der Waals surface area (Å²) in [5, 5.41) is 3.09. The second kappa shape index (κ2) is 8.54. The van der Waals surface area contributed by atoms with E-state index in [9.17, 15) is 4.79 Å². The summed E-state index contributed by atoms with van der Waals surface area (Å²) in [5.74, 6) is -0.162. The molecule has 1 atom stereocenters. The topological polar surface area (TPSA) is 41.6 Å². The van der Waals surface area contributed by atoms with Gasteiger partial charge in [-0.15, -0.1) is 0 Å². The Labute approximate surface area is 117 Å². The molecule has 1 fully saturated rings. The summed E-state index contributed by atoms with van der Waals surface area (Å²) in [5.41, 5.74) is -0.534. The molecule has 0 aromatic carbocycles. The maximum atomic E-state index is 11.7. The van der Waals surface area contributed by atoms with E-state index < -0.39 is 5.54 Å². The van der Waals surface area contributed by atoms with Gasteiger partial charge in [0.2, 0.25) is 0 Å². The summed E-state index contributed by atoms with van der Waals surface area (Å²) in [7, 11) is 3.28. The predicted octanol–water partition coefficient (Wildman–Crippen LogP) is 2.18. The van der Waals surface area contributed by atoms with Crippen LogP contribution in [0, 0.1) is 0 Å². The molecule has 1 saturated heterocycles. The molecule has 0 saturated carbocycles. The number of esters is 1. The Balaban J connectivity index is 2.23. The molecule has 0 spiro atoms. The summed E-state index contributed by atoms with van der Waals surface area (Å²) in [4.78, 5) is 14.3. The number of nitrogens with zero attached hydrogens (tertiary/aromatic N) is 1. The fourth-order valence-electron chi connectivity index (χ4n) is 2.73. The zero-order chi connectivity index (χ0) is 14.1. The lowest BCUT2D eigenvalue weighted by molar-refractivity contribution is -0.148. The van der Waals surface area contributed by atoms with Crippen LogP contribution in [-0.2, 0) is 9.53 Å². The number of carbonyl (C=O) groups is 1. The SMILES string of the molecule is CNC(C)(CCCCN1CCCCCC1)C(=O)OC. The number of hydrogen-bond acceptors (Lipinski definition) is 4. The molecule has 0 amide bonds. The van der Waals surface area contributed by atoms with Crippen molar-refractivity contribution in [2.24, 2.45) is 0 Å². The van der Waals surface area contributed by atoms with E-state index in [1.165, 1.54) is 52.4 Å². The van der Waals surface area contributed by atoms with Crippen LogP contribution >= 0.6 is 0 Å². The smallest absolute Gasteiger partial charge is 0.325 e. The zero-order valence-electron chi connectivity index (χ0n) is 12.8. The van der Waals surface area contributed by atoms with Crippen LogP contribution < -0.4 is 5.32 Å². The number of unbranched alkanes of at least 4 members (excludes halogenated alkanes) is 1. The average molecular weight is 270 g/mol. The van der Waals surface area contributed by atoms with E-state index in [1.807, 2.05) is 14.0 Å². The maximum absolute atomic E-state index is 11.7. The fraction of sp³-hybridized carbons (Fsp3) is 0.933. The molecule has 112 valence electrons. The first-order valence-electron chi connectivity index (χ1n) is 7.62. The van der Waals surface area contributed by atoms with E-state index in [0.29, 0.717) is 0 Å². The second-order valence-corrected chi connectivity index (χ2v) is 5.79. The van der Waals surface area contributed by atoms with Gasteiger partial charge in [0.05, 0.1) is 7.11 Å². The zero-order valence-corrected chi connectivity index (χ0v) is 12.8. The van der Waals surface area contributed by atoms with Crippen molar-refractivity contribution in [1.29, 1.82) is 0 Å². The Morgan fingerprint density at radius 1 is 1.21 bits per heavy atom. The predicted molar refractivity (Wildman–Crippen MR) is 78.2 cm³/mol. The van der Waals surface area contributed by atoms with Crippen molar-refractivity contribution in [2.75, 3.05) is 33.8 Å². The highest BCUT2D eigenvalue weighted by Gasteiger charge is 2.31. The molecule has 1 heterocycles. The molecule has 4 nitrogen and oxygen atoms in total. The minimum Gasteiger partial charge on any atom is -0.468 e. The molecule has 1 rings (SSSR count). The largest absolute Gasteiger partial charge is 0.468 e. The normalized spacial score (nSPS) is 20.6. The molecule has 0 aliphatic carbocycles. The van der Waals surface area contributed by atoms with Crippen molar-refractivity contribution < 1.29 is 9.53 Å². The van der Waals surface area contributed by atoms with Crippen molar-refractivity contribution in [1.82, 2.24) is 10.2 Å². The molecule has 1 N–H and O–H groups in total. The van der Waals surface area contributed by atoms with Crippen molar-refractivity contribution in [2.45, 2.75) is 57.4 Å². The van der Waals surface area contributed by atoms with Crippen molar-refractivity contribution in [3.8, 4) is 0 Å². The lowest BCUT2D eigenvalue weighted by Crippen LogP contribution is -2.48. The van der Waals surface area contributed by atoms with Gasteiger partial charge in [0, 0.05) is 0 Å². The number of hydrogen-bond donors (Lipinski definition) is 1. The van der Waals surface area contributed by atoms with Crippen molar-refractivity contribution >= 4 is 5.97 Å². The van der Waals surface area contributed by atoms with Gasteiger partial charge in [-0.25, -0.2) is 0 Å². The van der Waals surface area contributed by atoms with Gasteiger partial charge < -0.3 is 15.0 Å². The number of rotatable bonds is 7.